The maximum absolute atomic E-state index is 11.6. The molecule has 3 aromatic carbocycles. The number of methoxy groups -OCH3 is 1. The molecule has 2 heterocycles. The van der Waals surface area contributed by atoms with E-state index in [0.29, 0.717) is 5.92 Å². The highest BCUT2D eigenvalue weighted by Gasteiger charge is 2.35. The van der Waals surface area contributed by atoms with E-state index in [-0.39, 0.29) is 18.2 Å². The van der Waals surface area contributed by atoms with Crippen LogP contribution < -0.4 is 20.5 Å². The standard InChI is InChI=1S/C27H28N2O3/c1-31-23-8-4-7-22-26(17-11-13-29-14-12-17)21-10-9-19(15-24(21)32-27(22)23)20-6-3-2-5-18(20)16-25(28)30/h2-10,15,17,26,29H,11-14,16H2,1H3,(H2,28,30). The van der Waals surface area contributed by atoms with E-state index >= 15 is 0 Å². The maximum Gasteiger partial charge on any atom is 0.221 e. The Bertz CT molecular complexity index is 1150. The van der Waals surface area contributed by atoms with Gasteiger partial charge in [0.2, 0.25) is 5.91 Å². The van der Waals surface area contributed by atoms with Gasteiger partial charge in [-0.1, -0.05) is 48.5 Å². The second kappa shape index (κ2) is 8.67. The van der Waals surface area contributed by atoms with Gasteiger partial charge in [0.05, 0.1) is 13.5 Å². The first-order chi connectivity index (χ1) is 15.7. The van der Waals surface area contributed by atoms with Crippen molar-refractivity contribution in [3.05, 3.63) is 77.4 Å². The minimum atomic E-state index is -0.337. The monoisotopic (exact) mass is 428 g/mol. The molecule has 1 saturated heterocycles. The van der Waals surface area contributed by atoms with Crippen molar-refractivity contribution in [1.29, 1.82) is 0 Å². The van der Waals surface area contributed by atoms with Crippen LogP contribution in [0.4, 0.5) is 0 Å². The SMILES string of the molecule is COc1cccc2c1Oc1cc(-c3ccccc3CC(N)=O)ccc1C2C1CCNCC1. The molecule has 0 aromatic heterocycles. The summed E-state index contributed by atoms with van der Waals surface area (Å²) in [5.74, 6) is 2.90. The van der Waals surface area contributed by atoms with Gasteiger partial charge in [0.15, 0.2) is 11.5 Å². The molecule has 1 atom stereocenters. The predicted octanol–water partition coefficient (Wildman–Crippen LogP) is 4.63. The number of benzene rings is 3. The average molecular weight is 429 g/mol. The molecule has 3 aromatic rings. The third-order valence-electron chi connectivity index (χ3n) is 6.67. The summed E-state index contributed by atoms with van der Waals surface area (Å²) in [6.07, 6.45) is 2.47. The number of nitrogens with two attached hydrogens (primary N) is 1. The van der Waals surface area contributed by atoms with E-state index in [4.69, 9.17) is 15.2 Å². The first-order valence-corrected chi connectivity index (χ1v) is 11.2. The topological polar surface area (TPSA) is 73.6 Å². The van der Waals surface area contributed by atoms with Gasteiger partial charge in [-0.05, 0) is 60.7 Å². The number of carbonyl (C=O) groups excluding carboxylic acids is 1. The number of fused-ring (bicyclic) bond motifs is 2. The molecule has 2 aliphatic rings. The molecular weight excluding hydrogens is 400 g/mol. The van der Waals surface area contributed by atoms with E-state index in [0.717, 1.165) is 59.9 Å². The molecule has 0 bridgehead atoms. The summed E-state index contributed by atoms with van der Waals surface area (Å²) in [4.78, 5) is 11.6. The maximum atomic E-state index is 11.6. The molecule has 1 unspecified atom stereocenters. The first-order valence-electron chi connectivity index (χ1n) is 11.2. The van der Waals surface area contributed by atoms with Crippen LogP contribution >= 0.6 is 0 Å². The lowest BCUT2D eigenvalue weighted by Crippen LogP contribution is -2.32. The number of ether oxygens (including phenoxy) is 2. The van der Waals surface area contributed by atoms with Gasteiger partial charge in [-0.3, -0.25) is 4.79 Å². The van der Waals surface area contributed by atoms with Crippen LogP contribution in [0.1, 0.15) is 35.4 Å². The number of hydrogen-bond acceptors (Lipinski definition) is 4. The zero-order valence-electron chi connectivity index (χ0n) is 18.3. The van der Waals surface area contributed by atoms with E-state index in [2.05, 4.69) is 35.6 Å². The van der Waals surface area contributed by atoms with E-state index < -0.39 is 0 Å². The molecule has 0 aliphatic carbocycles. The molecule has 5 heteroatoms. The Labute approximate surface area is 188 Å². The minimum absolute atomic E-state index is 0.211. The van der Waals surface area contributed by atoms with Gasteiger partial charge in [-0.15, -0.1) is 0 Å². The summed E-state index contributed by atoms with van der Waals surface area (Å²) >= 11 is 0. The van der Waals surface area contributed by atoms with Crippen LogP contribution in [-0.4, -0.2) is 26.1 Å². The van der Waals surface area contributed by atoms with Gasteiger partial charge in [0, 0.05) is 17.0 Å². The molecular formula is C27H28N2O3. The zero-order chi connectivity index (χ0) is 22.1. The Kier molecular flexibility index (Phi) is 5.58. The average Bonchev–Trinajstić information content (AvgIpc) is 2.82. The summed E-state index contributed by atoms with van der Waals surface area (Å²) < 4.78 is 12.1. The molecule has 1 amide bonds. The molecule has 5 rings (SSSR count). The Balaban J connectivity index is 1.62. The quantitative estimate of drug-likeness (QED) is 0.622. The van der Waals surface area contributed by atoms with Crippen molar-refractivity contribution in [2.75, 3.05) is 20.2 Å². The van der Waals surface area contributed by atoms with Crippen LogP contribution in [0.2, 0.25) is 0 Å². The Morgan fingerprint density at radius 3 is 2.66 bits per heavy atom. The van der Waals surface area contributed by atoms with Gasteiger partial charge in [0.25, 0.3) is 0 Å². The molecule has 3 N–H and O–H groups in total. The van der Waals surface area contributed by atoms with E-state index in [1.807, 2.05) is 30.3 Å². The van der Waals surface area contributed by atoms with Crippen LogP contribution in [0.25, 0.3) is 11.1 Å². The summed E-state index contributed by atoms with van der Waals surface area (Å²) in [5.41, 5.74) is 10.8. The fourth-order valence-electron chi connectivity index (χ4n) is 5.20. The van der Waals surface area contributed by atoms with Gasteiger partial charge < -0.3 is 20.5 Å². The van der Waals surface area contributed by atoms with E-state index in [1.165, 1.54) is 11.1 Å². The Morgan fingerprint density at radius 1 is 1.06 bits per heavy atom. The second-order valence-corrected chi connectivity index (χ2v) is 8.60. The molecule has 0 saturated carbocycles. The summed E-state index contributed by atoms with van der Waals surface area (Å²) in [5, 5.41) is 3.48. The largest absolute Gasteiger partial charge is 0.493 e. The van der Waals surface area contributed by atoms with Crippen molar-refractivity contribution >= 4 is 5.91 Å². The zero-order valence-corrected chi connectivity index (χ0v) is 18.3. The second-order valence-electron chi connectivity index (χ2n) is 8.60. The normalized spacial score (nSPS) is 17.7. The number of primary amides is 1. The summed E-state index contributed by atoms with van der Waals surface area (Å²) in [6, 6.07) is 20.5. The number of piperidine rings is 1. The predicted molar refractivity (Wildman–Crippen MR) is 125 cm³/mol. The highest BCUT2D eigenvalue weighted by atomic mass is 16.5. The van der Waals surface area contributed by atoms with Crippen molar-refractivity contribution in [2.45, 2.75) is 25.2 Å². The molecule has 32 heavy (non-hydrogen) atoms. The lowest BCUT2D eigenvalue weighted by molar-refractivity contribution is -0.117. The third-order valence-corrected chi connectivity index (χ3v) is 6.67. The van der Waals surface area contributed by atoms with E-state index in [1.54, 1.807) is 7.11 Å². The number of hydrogen-bond donors (Lipinski definition) is 2. The molecule has 1 fully saturated rings. The number of para-hydroxylation sites is 1. The van der Waals surface area contributed by atoms with Crippen molar-refractivity contribution in [2.24, 2.45) is 11.7 Å². The Morgan fingerprint density at radius 2 is 1.88 bits per heavy atom. The number of nitrogens with one attached hydrogen (secondary N) is 1. The van der Waals surface area contributed by atoms with Crippen molar-refractivity contribution in [3.8, 4) is 28.4 Å². The third kappa shape index (κ3) is 3.73. The van der Waals surface area contributed by atoms with Gasteiger partial charge in [-0.2, -0.15) is 0 Å². The molecule has 5 nitrogen and oxygen atoms in total. The lowest BCUT2D eigenvalue weighted by Gasteiger charge is -2.36. The van der Waals surface area contributed by atoms with Crippen molar-refractivity contribution in [1.82, 2.24) is 5.32 Å². The number of amides is 1. The fourth-order valence-corrected chi connectivity index (χ4v) is 5.20. The van der Waals surface area contributed by atoms with Gasteiger partial charge in [-0.25, -0.2) is 0 Å². The van der Waals surface area contributed by atoms with Gasteiger partial charge in [0.1, 0.15) is 5.75 Å². The molecule has 2 aliphatic heterocycles. The first kappa shape index (κ1) is 20.6. The van der Waals surface area contributed by atoms with Crippen LogP contribution in [0.3, 0.4) is 0 Å². The van der Waals surface area contributed by atoms with Crippen LogP contribution in [0.5, 0.6) is 17.2 Å². The van der Waals surface area contributed by atoms with Crippen LogP contribution in [0, 0.1) is 5.92 Å². The molecule has 0 radical (unpaired) electrons. The lowest BCUT2D eigenvalue weighted by atomic mass is 9.74. The Hall–Kier alpha value is -3.31. The van der Waals surface area contributed by atoms with Crippen LogP contribution in [0.15, 0.2) is 60.7 Å². The fraction of sp³-hybridized carbons (Fsp3) is 0.296. The minimum Gasteiger partial charge on any atom is -0.493 e. The molecule has 0 spiro atoms. The smallest absolute Gasteiger partial charge is 0.221 e. The van der Waals surface area contributed by atoms with Gasteiger partial charge >= 0.3 is 0 Å². The highest BCUT2D eigenvalue weighted by Crippen LogP contribution is 2.53. The van der Waals surface area contributed by atoms with Crippen molar-refractivity contribution in [3.63, 3.8) is 0 Å². The number of rotatable bonds is 5. The summed E-state index contributed by atoms with van der Waals surface area (Å²) in [7, 11) is 1.69. The highest BCUT2D eigenvalue weighted by molar-refractivity contribution is 5.81. The van der Waals surface area contributed by atoms with Crippen molar-refractivity contribution < 1.29 is 14.3 Å². The molecule has 164 valence electrons. The van der Waals surface area contributed by atoms with Crippen LogP contribution in [-0.2, 0) is 11.2 Å². The van der Waals surface area contributed by atoms with E-state index in [9.17, 15) is 4.79 Å². The number of carbonyl (C=O) groups is 1. The summed E-state index contributed by atoms with van der Waals surface area (Å²) in [6.45, 7) is 2.07.